The highest BCUT2D eigenvalue weighted by Gasteiger charge is 2.32. The third-order valence-electron chi connectivity index (χ3n) is 4.91. The predicted molar refractivity (Wildman–Crippen MR) is 105 cm³/mol. The molecule has 0 heterocycles. The monoisotopic (exact) mass is 409 g/mol. The van der Waals surface area contributed by atoms with E-state index in [1.807, 2.05) is 48.5 Å². The number of hydrogen-bond donors (Lipinski definition) is 0. The van der Waals surface area contributed by atoms with Gasteiger partial charge in [0.05, 0.1) is 9.82 Å². The van der Waals surface area contributed by atoms with Gasteiger partial charge in [0.1, 0.15) is 6.61 Å². The summed E-state index contributed by atoms with van der Waals surface area (Å²) >= 11 is 0. The van der Waals surface area contributed by atoms with Crippen LogP contribution < -0.4 is 0 Å². The highest BCUT2D eigenvalue weighted by atomic mass is 32.2. The molecule has 0 aromatic heterocycles. The summed E-state index contributed by atoms with van der Waals surface area (Å²) in [6, 6.07) is 19.5. The molecule has 0 amide bonds. The number of benzene rings is 3. The second-order valence-corrected chi connectivity index (χ2v) is 8.35. The van der Waals surface area contributed by atoms with E-state index in [9.17, 15) is 23.3 Å². The van der Waals surface area contributed by atoms with Crippen molar-refractivity contribution in [2.45, 2.75) is 10.8 Å². The molecule has 1 aliphatic rings. The Labute approximate surface area is 166 Å². The second kappa shape index (κ2) is 7.14. The van der Waals surface area contributed by atoms with Crippen molar-refractivity contribution in [3.05, 3.63) is 94.0 Å². The van der Waals surface area contributed by atoms with Crippen molar-refractivity contribution >= 4 is 20.8 Å². The maximum absolute atomic E-state index is 12.5. The molecule has 0 bridgehead atoms. The molecule has 0 radical (unpaired) electrons. The van der Waals surface area contributed by atoms with Crippen molar-refractivity contribution in [3.63, 3.8) is 0 Å². The molecule has 3 aromatic rings. The minimum Gasteiger partial charge on any atom is -0.453 e. The van der Waals surface area contributed by atoms with Crippen LogP contribution in [0.5, 0.6) is 0 Å². The number of nitro groups is 1. The number of carbonyl (C=O) groups is 1. The Morgan fingerprint density at radius 3 is 1.93 bits per heavy atom. The Balaban J connectivity index is 1.56. The molecular formula is C21H15NO6S. The van der Waals surface area contributed by atoms with Gasteiger partial charge in [-0.1, -0.05) is 48.5 Å². The molecule has 0 saturated carbocycles. The van der Waals surface area contributed by atoms with Gasteiger partial charge < -0.3 is 4.74 Å². The van der Waals surface area contributed by atoms with E-state index < -0.39 is 20.1 Å². The average Bonchev–Trinajstić information content (AvgIpc) is 3.06. The van der Waals surface area contributed by atoms with Gasteiger partial charge in [-0.2, -0.15) is 0 Å². The summed E-state index contributed by atoms with van der Waals surface area (Å²) in [4.78, 5) is 22.0. The number of rotatable bonds is 4. The smallest absolute Gasteiger partial charge is 0.429 e. The molecular weight excluding hydrogens is 394 g/mol. The lowest BCUT2D eigenvalue weighted by Gasteiger charge is -2.14. The summed E-state index contributed by atoms with van der Waals surface area (Å²) in [5.41, 5.74) is 3.73. The topological polar surface area (TPSA) is 104 Å². The first kappa shape index (κ1) is 18.8. The third-order valence-corrected chi connectivity index (χ3v) is 6.36. The summed E-state index contributed by atoms with van der Waals surface area (Å²) in [5, 5.41) is 9.33. The van der Waals surface area contributed by atoms with Crippen molar-refractivity contribution < 1.29 is 22.9 Å². The summed E-state index contributed by atoms with van der Waals surface area (Å²) < 4.78 is 30.1. The summed E-state index contributed by atoms with van der Waals surface area (Å²) in [5.74, 6) is -0.265. The van der Waals surface area contributed by atoms with E-state index in [2.05, 4.69) is 0 Å². The third kappa shape index (κ3) is 3.27. The first-order valence-corrected chi connectivity index (χ1v) is 10.2. The number of carbonyl (C=O) groups excluding carboxylic acids is 1. The average molecular weight is 409 g/mol. The van der Waals surface area contributed by atoms with Gasteiger partial charge in [0.15, 0.2) is 0 Å². The quantitative estimate of drug-likeness (QED) is 0.361. The highest BCUT2D eigenvalue weighted by molar-refractivity contribution is 8.05. The van der Waals surface area contributed by atoms with Crippen LogP contribution in [0.2, 0.25) is 0 Å². The Kier molecular flexibility index (Phi) is 4.63. The lowest BCUT2D eigenvalue weighted by molar-refractivity contribution is -0.384. The van der Waals surface area contributed by atoms with Crippen molar-refractivity contribution in [1.82, 2.24) is 0 Å². The molecule has 29 heavy (non-hydrogen) atoms. The summed E-state index contributed by atoms with van der Waals surface area (Å²) in [6.45, 7) is -0.126. The van der Waals surface area contributed by atoms with Gasteiger partial charge in [0.2, 0.25) is 0 Å². The van der Waals surface area contributed by atoms with Crippen molar-refractivity contribution in [2.24, 2.45) is 0 Å². The van der Waals surface area contributed by atoms with Crippen LogP contribution in [0, 0.1) is 10.1 Å². The lowest BCUT2D eigenvalue weighted by atomic mass is 9.98. The molecule has 7 nitrogen and oxygen atoms in total. The van der Waals surface area contributed by atoms with Crippen LogP contribution in [0.1, 0.15) is 17.0 Å². The molecule has 0 spiro atoms. The minimum atomic E-state index is -4.41. The highest BCUT2D eigenvalue weighted by Crippen LogP contribution is 2.44. The molecule has 0 atom stereocenters. The molecule has 4 rings (SSSR count). The minimum absolute atomic E-state index is 0.126. The van der Waals surface area contributed by atoms with Crippen LogP contribution in [0.3, 0.4) is 0 Å². The molecule has 0 aliphatic heterocycles. The van der Waals surface area contributed by atoms with E-state index in [0.29, 0.717) is 0 Å². The van der Waals surface area contributed by atoms with Crippen molar-refractivity contribution in [1.29, 1.82) is 0 Å². The number of nitrogens with zero attached hydrogens (tertiary/aromatic N) is 1. The number of ether oxygens (including phenoxy) is 1. The lowest BCUT2D eigenvalue weighted by Crippen LogP contribution is -2.19. The zero-order chi connectivity index (χ0) is 20.6. The first-order valence-electron chi connectivity index (χ1n) is 8.74. The molecule has 3 aromatic carbocycles. The zero-order valence-electron chi connectivity index (χ0n) is 15.0. The number of sulfone groups is 1. The van der Waals surface area contributed by atoms with Crippen molar-refractivity contribution in [2.75, 3.05) is 6.61 Å². The Bertz CT molecular complexity index is 1170. The van der Waals surface area contributed by atoms with Gasteiger partial charge in [0, 0.05) is 18.1 Å². The van der Waals surface area contributed by atoms with Gasteiger partial charge in [-0.05, 0) is 34.4 Å². The summed E-state index contributed by atoms with van der Waals surface area (Å²) in [6.07, 6.45) is 0. The Morgan fingerprint density at radius 1 is 0.897 bits per heavy atom. The van der Waals surface area contributed by atoms with E-state index in [1.54, 1.807) is 0 Å². The fourth-order valence-corrected chi connectivity index (χ4v) is 4.42. The van der Waals surface area contributed by atoms with Gasteiger partial charge >= 0.3 is 5.30 Å². The van der Waals surface area contributed by atoms with Crippen LogP contribution in [0.15, 0.2) is 77.7 Å². The van der Waals surface area contributed by atoms with Crippen LogP contribution in [-0.2, 0) is 14.6 Å². The molecule has 146 valence electrons. The van der Waals surface area contributed by atoms with E-state index in [-0.39, 0.29) is 23.1 Å². The molecule has 0 fully saturated rings. The summed E-state index contributed by atoms with van der Waals surface area (Å²) in [7, 11) is -4.41. The van der Waals surface area contributed by atoms with Gasteiger partial charge in [-0.3, -0.25) is 10.1 Å². The maximum Gasteiger partial charge on any atom is 0.429 e. The van der Waals surface area contributed by atoms with Gasteiger partial charge in [-0.15, -0.1) is 0 Å². The Morgan fingerprint density at radius 2 is 1.41 bits per heavy atom. The number of fused-ring (bicyclic) bond motifs is 3. The van der Waals surface area contributed by atoms with E-state index in [1.165, 1.54) is 0 Å². The standard InChI is InChI=1S/C21H15NO6S/c23-21(29(26,27)15-11-9-14(10-12-15)22(24)25)28-13-20-18-7-3-1-5-16(18)17-6-2-4-8-19(17)20/h1-12,20H,13H2. The van der Waals surface area contributed by atoms with Crippen LogP contribution >= 0.6 is 0 Å². The molecule has 0 unspecified atom stereocenters. The predicted octanol–water partition coefficient (Wildman–Crippen LogP) is 4.32. The maximum atomic E-state index is 12.5. The van der Waals surface area contributed by atoms with E-state index in [0.717, 1.165) is 46.5 Å². The fraction of sp³-hybridized carbons (Fsp3) is 0.0952. The SMILES string of the molecule is O=C(OCC1c2ccccc2-c2ccccc21)S(=O)(=O)c1ccc([N+](=O)[O-])cc1. The first-order chi connectivity index (χ1) is 13.9. The molecule has 0 saturated heterocycles. The number of hydrogen-bond acceptors (Lipinski definition) is 6. The van der Waals surface area contributed by atoms with Crippen LogP contribution in [-0.4, -0.2) is 25.2 Å². The number of non-ortho nitro benzene ring substituents is 1. The van der Waals surface area contributed by atoms with Crippen molar-refractivity contribution in [3.8, 4) is 11.1 Å². The molecule has 1 aliphatic carbocycles. The largest absolute Gasteiger partial charge is 0.453 e. The molecule has 0 N–H and O–H groups in total. The number of nitro benzene ring substituents is 1. The van der Waals surface area contributed by atoms with Gasteiger partial charge in [0.25, 0.3) is 15.5 Å². The zero-order valence-corrected chi connectivity index (χ0v) is 15.8. The van der Waals surface area contributed by atoms with Crippen LogP contribution in [0.4, 0.5) is 10.5 Å². The normalized spacial score (nSPS) is 12.8. The van der Waals surface area contributed by atoms with Crippen LogP contribution in [0.25, 0.3) is 11.1 Å². The van der Waals surface area contributed by atoms with E-state index in [4.69, 9.17) is 4.74 Å². The fourth-order valence-electron chi connectivity index (χ4n) is 3.51. The molecule has 8 heteroatoms. The second-order valence-electron chi connectivity index (χ2n) is 6.54. The van der Waals surface area contributed by atoms with Gasteiger partial charge in [-0.25, -0.2) is 13.2 Å². The van der Waals surface area contributed by atoms with E-state index >= 15 is 0 Å². The Hall–Kier alpha value is -3.52.